The lowest BCUT2D eigenvalue weighted by Gasteiger charge is -2.05. The van der Waals surface area contributed by atoms with Crippen LogP contribution in [0.4, 0.5) is 0 Å². The molecule has 4 nitrogen and oxygen atoms in total. The summed E-state index contributed by atoms with van der Waals surface area (Å²) in [4.78, 5) is 18.7. The standard InChI is InChI=1S/C18H20N2O2/c1-10(2)4-5-12-6-7-14-13(8-12)16-11(3)17(18(21)22)19-9-15(16)20-14/h6-10,20H,4-5H2,1-3H3,(H,21,22). The van der Waals surface area contributed by atoms with Crippen molar-refractivity contribution in [2.75, 3.05) is 0 Å². The van der Waals surface area contributed by atoms with Gasteiger partial charge in [-0.05, 0) is 48.9 Å². The summed E-state index contributed by atoms with van der Waals surface area (Å²) in [6.07, 6.45) is 3.80. The predicted molar refractivity (Wildman–Crippen MR) is 88.5 cm³/mol. The van der Waals surface area contributed by atoms with Crippen molar-refractivity contribution in [2.24, 2.45) is 5.92 Å². The Labute approximate surface area is 129 Å². The van der Waals surface area contributed by atoms with Gasteiger partial charge in [-0.2, -0.15) is 0 Å². The number of pyridine rings is 1. The number of hydrogen-bond donors (Lipinski definition) is 2. The first-order valence-electron chi connectivity index (χ1n) is 7.60. The van der Waals surface area contributed by atoms with Crippen LogP contribution in [0.5, 0.6) is 0 Å². The van der Waals surface area contributed by atoms with Crippen LogP contribution in [0, 0.1) is 12.8 Å². The number of aromatic carboxylic acids is 1. The van der Waals surface area contributed by atoms with Gasteiger partial charge in [0.15, 0.2) is 5.69 Å². The van der Waals surface area contributed by atoms with Crippen LogP contribution in [0.2, 0.25) is 0 Å². The van der Waals surface area contributed by atoms with Gasteiger partial charge in [-0.3, -0.25) is 0 Å². The fourth-order valence-electron chi connectivity index (χ4n) is 2.93. The number of aromatic amines is 1. The number of aryl methyl sites for hydroxylation is 2. The van der Waals surface area contributed by atoms with Crippen molar-refractivity contribution in [1.29, 1.82) is 0 Å². The molecule has 0 saturated heterocycles. The van der Waals surface area contributed by atoms with Gasteiger partial charge in [0.2, 0.25) is 0 Å². The van der Waals surface area contributed by atoms with E-state index in [-0.39, 0.29) is 5.69 Å². The van der Waals surface area contributed by atoms with Crippen LogP contribution < -0.4 is 0 Å². The molecule has 2 heterocycles. The van der Waals surface area contributed by atoms with E-state index in [9.17, 15) is 9.90 Å². The quantitative estimate of drug-likeness (QED) is 0.754. The molecule has 3 aromatic rings. The molecule has 2 N–H and O–H groups in total. The molecule has 2 aromatic heterocycles. The van der Waals surface area contributed by atoms with E-state index in [1.165, 1.54) is 5.56 Å². The van der Waals surface area contributed by atoms with Gasteiger partial charge in [-0.1, -0.05) is 19.9 Å². The summed E-state index contributed by atoms with van der Waals surface area (Å²) in [5, 5.41) is 11.3. The summed E-state index contributed by atoms with van der Waals surface area (Å²) in [6, 6.07) is 6.39. The van der Waals surface area contributed by atoms with E-state index < -0.39 is 5.97 Å². The van der Waals surface area contributed by atoms with Crippen LogP contribution in [0.1, 0.15) is 41.9 Å². The number of nitrogens with one attached hydrogen (secondary N) is 1. The smallest absolute Gasteiger partial charge is 0.354 e. The van der Waals surface area contributed by atoms with Crippen LogP contribution in [0.3, 0.4) is 0 Å². The minimum Gasteiger partial charge on any atom is -0.477 e. The Morgan fingerprint density at radius 2 is 2.09 bits per heavy atom. The van der Waals surface area contributed by atoms with Crippen LogP contribution in [-0.4, -0.2) is 21.0 Å². The molecule has 3 rings (SSSR count). The normalized spacial score (nSPS) is 11.6. The van der Waals surface area contributed by atoms with Crippen molar-refractivity contribution in [3.63, 3.8) is 0 Å². The average Bonchev–Trinajstić information content (AvgIpc) is 2.83. The number of rotatable bonds is 4. The maximum absolute atomic E-state index is 11.3. The molecule has 0 atom stereocenters. The fraction of sp³-hybridized carbons (Fsp3) is 0.333. The second kappa shape index (κ2) is 5.44. The first-order chi connectivity index (χ1) is 10.5. The van der Waals surface area contributed by atoms with Gasteiger partial charge in [0.05, 0.1) is 11.7 Å². The molecular formula is C18H20N2O2. The summed E-state index contributed by atoms with van der Waals surface area (Å²) in [6.45, 7) is 6.27. The Bertz CT molecular complexity index is 862. The van der Waals surface area contributed by atoms with E-state index in [0.29, 0.717) is 5.92 Å². The number of H-pyrrole nitrogens is 1. The van der Waals surface area contributed by atoms with Gasteiger partial charge < -0.3 is 10.1 Å². The van der Waals surface area contributed by atoms with Crippen molar-refractivity contribution >= 4 is 27.8 Å². The average molecular weight is 296 g/mol. The summed E-state index contributed by atoms with van der Waals surface area (Å²) in [7, 11) is 0. The number of carboxylic acids is 1. The number of carboxylic acid groups (broad SMARTS) is 1. The molecular weight excluding hydrogens is 276 g/mol. The fourth-order valence-corrected chi connectivity index (χ4v) is 2.93. The number of benzene rings is 1. The zero-order valence-electron chi connectivity index (χ0n) is 13.1. The van der Waals surface area contributed by atoms with Crippen LogP contribution in [-0.2, 0) is 6.42 Å². The van der Waals surface area contributed by atoms with Gasteiger partial charge in [0.1, 0.15) is 0 Å². The molecule has 22 heavy (non-hydrogen) atoms. The topological polar surface area (TPSA) is 66.0 Å². The van der Waals surface area contributed by atoms with Crippen molar-refractivity contribution in [2.45, 2.75) is 33.6 Å². The van der Waals surface area contributed by atoms with E-state index in [1.54, 1.807) is 6.20 Å². The second-order valence-electron chi connectivity index (χ2n) is 6.26. The van der Waals surface area contributed by atoms with Gasteiger partial charge >= 0.3 is 5.97 Å². The van der Waals surface area contributed by atoms with Crippen LogP contribution >= 0.6 is 0 Å². The lowest BCUT2D eigenvalue weighted by Crippen LogP contribution is -2.03. The first kappa shape index (κ1) is 14.6. The summed E-state index contributed by atoms with van der Waals surface area (Å²) in [5.41, 5.74) is 4.04. The van der Waals surface area contributed by atoms with Gasteiger partial charge in [-0.15, -0.1) is 0 Å². The largest absolute Gasteiger partial charge is 0.477 e. The molecule has 0 radical (unpaired) electrons. The second-order valence-corrected chi connectivity index (χ2v) is 6.26. The molecule has 0 aliphatic rings. The minimum absolute atomic E-state index is 0.126. The number of nitrogens with zero attached hydrogens (tertiary/aromatic N) is 1. The molecule has 1 aromatic carbocycles. The Balaban J connectivity index is 2.19. The molecule has 0 amide bonds. The van der Waals surface area contributed by atoms with E-state index in [4.69, 9.17) is 0 Å². The first-order valence-corrected chi connectivity index (χ1v) is 7.60. The van der Waals surface area contributed by atoms with Gasteiger partial charge in [0.25, 0.3) is 0 Å². The maximum Gasteiger partial charge on any atom is 0.354 e. The Kier molecular flexibility index (Phi) is 3.61. The Hall–Kier alpha value is -2.36. The SMILES string of the molecule is Cc1c(C(=O)O)ncc2[nH]c3ccc(CCC(C)C)cc3c12. The minimum atomic E-state index is -0.982. The molecule has 114 valence electrons. The highest BCUT2D eigenvalue weighted by molar-refractivity contribution is 6.10. The molecule has 4 heteroatoms. The zero-order valence-corrected chi connectivity index (χ0v) is 13.1. The molecule has 0 saturated carbocycles. The molecule has 0 unspecified atom stereocenters. The highest BCUT2D eigenvalue weighted by Gasteiger charge is 2.15. The highest BCUT2D eigenvalue weighted by Crippen LogP contribution is 2.30. The third-order valence-electron chi connectivity index (χ3n) is 4.16. The summed E-state index contributed by atoms with van der Waals surface area (Å²) >= 11 is 0. The van der Waals surface area contributed by atoms with E-state index in [0.717, 1.165) is 40.2 Å². The molecule has 0 aliphatic carbocycles. The maximum atomic E-state index is 11.3. The number of hydrogen-bond acceptors (Lipinski definition) is 2. The molecule has 0 bridgehead atoms. The number of aromatic nitrogens is 2. The van der Waals surface area contributed by atoms with E-state index >= 15 is 0 Å². The number of carbonyl (C=O) groups is 1. The van der Waals surface area contributed by atoms with Crippen molar-refractivity contribution < 1.29 is 9.90 Å². The number of fused-ring (bicyclic) bond motifs is 3. The summed E-state index contributed by atoms with van der Waals surface area (Å²) < 4.78 is 0. The summed E-state index contributed by atoms with van der Waals surface area (Å²) in [5.74, 6) is -0.312. The van der Waals surface area contributed by atoms with Crippen molar-refractivity contribution in [1.82, 2.24) is 9.97 Å². The predicted octanol–water partition coefficient (Wildman–Crippen LogP) is 4.31. The molecule has 0 spiro atoms. The van der Waals surface area contributed by atoms with Gasteiger partial charge in [-0.25, -0.2) is 9.78 Å². The molecule has 0 aliphatic heterocycles. The van der Waals surface area contributed by atoms with Crippen LogP contribution in [0.15, 0.2) is 24.4 Å². The molecule has 0 fully saturated rings. The third-order valence-corrected chi connectivity index (χ3v) is 4.16. The Morgan fingerprint density at radius 3 is 2.77 bits per heavy atom. The zero-order chi connectivity index (χ0) is 15.9. The lowest BCUT2D eigenvalue weighted by molar-refractivity contribution is 0.0690. The highest BCUT2D eigenvalue weighted by atomic mass is 16.4. The third kappa shape index (κ3) is 2.45. The van der Waals surface area contributed by atoms with Gasteiger partial charge in [0, 0.05) is 16.3 Å². The van der Waals surface area contributed by atoms with Crippen molar-refractivity contribution in [3.8, 4) is 0 Å². The van der Waals surface area contributed by atoms with Crippen molar-refractivity contribution in [3.05, 3.63) is 41.2 Å². The van der Waals surface area contributed by atoms with E-state index in [2.05, 4.69) is 42.0 Å². The van der Waals surface area contributed by atoms with Crippen LogP contribution in [0.25, 0.3) is 21.8 Å². The van der Waals surface area contributed by atoms with E-state index in [1.807, 2.05) is 6.92 Å². The Morgan fingerprint density at radius 1 is 1.32 bits per heavy atom. The lowest BCUT2D eigenvalue weighted by atomic mass is 10.00. The monoisotopic (exact) mass is 296 g/mol.